The molecule has 0 saturated heterocycles. The van der Waals surface area contributed by atoms with Crippen LogP contribution >= 0.6 is 0 Å². The van der Waals surface area contributed by atoms with Crippen molar-refractivity contribution in [2.75, 3.05) is 0 Å². The average molecular weight is 342 g/mol. The SMILES string of the molecule is C[C@@](C#N)(Cc1ccccc1)c1ccc2c3c(c(=O)[nH]c2c1)CCCC3. The van der Waals surface area contributed by atoms with Crippen molar-refractivity contribution in [3.05, 3.63) is 81.1 Å². The molecule has 0 aliphatic heterocycles. The number of hydrogen-bond acceptors (Lipinski definition) is 2. The molecular formula is C23H22N2O. The Bertz CT molecular complexity index is 1060. The number of benzene rings is 2. The number of pyridine rings is 1. The molecule has 3 heteroatoms. The molecule has 1 aliphatic carbocycles. The van der Waals surface area contributed by atoms with Crippen molar-refractivity contribution in [1.82, 2.24) is 4.98 Å². The Labute approximate surface area is 153 Å². The van der Waals surface area contributed by atoms with Gasteiger partial charge in [-0.15, -0.1) is 0 Å². The van der Waals surface area contributed by atoms with Crippen LogP contribution in [0.3, 0.4) is 0 Å². The van der Waals surface area contributed by atoms with Crippen LogP contribution in [0.2, 0.25) is 0 Å². The van der Waals surface area contributed by atoms with E-state index < -0.39 is 5.41 Å². The first-order chi connectivity index (χ1) is 12.6. The lowest BCUT2D eigenvalue weighted by atomic mass is 9.78. The van der Waals surface area contributed by atoms with E-state index >= 15 is 0 Å². The predicted molar refractivity (Wildman–Crippen MR) is 104 cm³/mol. The standard InChI is InChI=1S/C23H22N2O/c1-23(15-24,14-16-7-3-2-4-8-16)17-11-12-19-18-9-5-6-10-20(18)22(26)25-21(19)13-17/h2-4,7-8,11-13H,5-6,9-10,14H2,1H3,(H,25,26)/t23-/m0/s1. The fourth-order valence-corrected chi connectivity index (χ4v) is 4.12. The molecule has 0 spiro atoms. The zero-order valence-corrected chi connectivity index (χ0v) is 15.0. The fraction of sp³-hybridized carbons (Fsp3) is 0.304. The number of nitriles is 1. The summed E-state index contributed by atoms with van der Waals surface area (Å²) in [5, 5.41) is 11.0. The van der Waals surface area contributed by atoms with Crippen LogP contribution in [0.1, 0.15) is 42.0 Å². The normalized spacial score (nSPS) is 15.8. The van der Waals surface area contributed by atoms with Crippen LogP contribution in [0, 0.1) is 11.3 Å². The minimum absolute atomic E-state index is 0.0334. The number of rotatable bonds is 3. The molecule has 3 nitrogen and oxygen atoms in total. The second-order valence-corrected chi connectivity index (χ2v) is 7.48. The molecule has 2 aromatic carbocycles. The van der Waals surface area contributed by atoms with Gasteiger partial charge in [-0.3, -0.25) is 4.79 Å². The Morgan fingerprint density at radius 3 is 2.54 bits per heavy atom. The van der Waals surface area contributed by atoms with Gasteiger partial charge in [-0.1, -0.05) is 42.5 Å². The van der Waals surface area contributed by atoms with Gasteiger partial charge in [-0.25, -0.2) is 0 Å². The largest absolute Gasteiger partial charge is 0.322 e. The number of fused-ring (bicyclic) bond motifs is 3. The summed E-state index contributed by atoms with van der Waals surface area (Å²) in [6.07, 6.45) is 4.70. The number of nitrogens with zero attached hydrogens (tertiary/aromatic N) is 1. The van der Waals surface area contributed by atoms with Gasteiger partial charge in [0.2, 0.25) is 0 Å². The van der Waals surface area contributed by atoms with E-state index in [1.54, 1.807) is 0 Å². The Hall–Kier alpha value is -2.86. The summed E-state index contributed by atoms with van der Waals surface area (Å²) in [5.74, 6) is 0. The van der Waals surface area contributed by atoms with Crippen molar-refractivity contribution in [2.24, 2.45) is 0 Å². The van der Waals surface area contributed by atoms with Crippen LogP contribution < -0.4 is 5.56 Å². The third-order valence-electron chi connectivity index (χ3n) is 5.62. The van der Waals surface area contributed by atoms with Crippen molar-refractivity contribution < 1.29 is 0 Å². The molecule has 26 heavy (non-hydrogen) atoms. The smallest absolute Gasteiger partial charge is 0.251 e. The van der Waals surface area contributed by atoms with Gasteiger partial charge in [0, 0.05) is 16.5 Å². The lowest BCUT2D eigenvalue weighted by molar-refractivity contribution is 0.607. The molecule has 0 saturated carbocycles. The maximum Gasteiger partial charge on any atom is 0.251 e. The number of aromatic nitrogens is 1. The molecule has 0 amide bonds. The van der Waals surface area contributed by atoms with Gasteiger partial charge in [-0.05, 0) is 61.8 Å². The van der Waals surface area contributed by atoms with Crippen molar-refractivity contribution >= 4 is 10.9 Å². The number of aromatic amines is 1. The maximum absolute atomic E-state index is 12.5. The van der Waals surface area contributed by atoms with Crippen molar-refractivity contribution in [3.63, 3.8) is 0 Å². The highest BCUT2D eigenvalue weighted by molar-refractivity contribution is 5.84. The van der Waals surface area contributed by atoms with Crippen molar-refractivity contribution in [1.29, 1.82) is 5.26 Å². The zero-order chi connectivity index (χ0) is 18.1. The molecule has 1 heterocycles. The maximum atomic E-state index is 12.5. The first kappa shape index (κ1) is 16.6. The highest BCUT2D eigenvalue weighted by Gasteiger charge is 2.28. The van der Waals surface area contributed by atoms with Gasteiger partial charge in [0.15, 0.2) is 0 Å². The summed E-state index contributed by atoms with van der Waals surface area (Å²) in [7, 11) is 0. The van der Waals surface area contributed by atoms with Gasteiger partial charge in [0.1, 0.15) is 0 Å². The molecule has 4 rings (SSSR count). The van der Waals surface area contributed by atoms with Crippen LogP contribution in [0.25, 0.3) is 10.9 Å². The third kappa shape index (κ3) is 2.82. The topological polar surface area (TPSA) is 56.6 Å². The van der Waals surface area contributed by atoms with Crippen molar-refractivity contribution in [3.8, 4) is 6.07 Å². The monoisotopic (exact) mass is 342 g/mol. The summed E-state index contributed by atoms with van der Waals surface area (Å²) < 4.78 is 0. The number of nitrogens with one attached hydrogen (secondary N) is 1. The van der Waals surface area contributed by atoms with Gasteiger partial charge in [0.25, 0.3) is 5.56 Å². The molecular weight excluding hydrogens is 320 g/mol. The summed E-state index contributed by atoms with van der Waals surface area (Å²) >= 11 is 0. The van der Waals surface area contributed by atoms with Crippen molar-refractivity contribution in [2.45, 2.75) is 44.4 Å². The van der Waals surface area contributed by atoms with Crippen LogP contribution in [-0.2, 0) is 24.7 Å². The van der Waals surface area contributed by atoms with Crippen LogP contribution in [-0.4, -0.2) is 4.98 Å². The van der Waals surface area contributed by atoms with Crippen LogP contribution in [0.5, 0.6) is 0 Å². The summed E-state index contributed by atoms with van der Waals surface area (Å²) in [6, 6.07) is 18.7. The van der Waals surface area contributed by atoms with E-state index in [4.69, 9.17) is 0 Å². The molecule has 0 bridgehead atoms. The molecule has 3 aromatic rings. The van der Waals surface area contributed by atoms with E-state index in [1.807, 2.05) is 31.2 Å². The molecule has 1 aliphatic rings. The van der Waals surface area contributed by atoms with Gasteiger partial charge in [0.05, 0.1) is 11.5 Å². The first-order valence-corrected chi connectivity index (χ1v) is 9.24. The lowest BCUT2D eigenvalue weighted by Crippen LogP contribution is -2.24. The minimum Gasteiger partial charge on any atom is -0.322 e. The molecule has 0 radical (unpaired) electrons. The molecule has 1 atom stereocenters. The zero-order valence-electron chi connectivity index (χ0n) is 15.0. The van der Waals surface area contributed by atoms with E-state index in [1.165, 1.54) is 5.56 Å². The van der Waals surface area contributed by atoms with Gasteiger partial charge in [-0.2, -0.15) is 5.26 Å². The molecule has 1 N–H and O–H groups in total. The molecule has 0 unspecified atom stereocenters. The highest BCUT2D eigenvalue weighted by Crippen LogP contribution is 2.32. The third-order valence-corrected chi connectivity index (χ3v) is 5.62. The highest BCUT2D eigenvalue weighted by atomic mass is 16.1. The van der Waals surface area contributed by atoms with Gasteiger partial charge < -0.3 is 4.98 Å². The molecule has 1 aromatic heterocycles. The predicted octanol–water partition coefficient (Wildman–Crippen LogP) is 4.43. The van der Waals surface area contributed by atoms with E-state index in [0.717, 1.165) is 53.3 Å². The van der Waals surface area contributed by atoms with Crippen LogP contribution in [0.15, 0.2) is 53.3 Å². The van der Waals surface area contributed by atoms with E-state index in [-0.39, 0.29) is 5.56 Å². The number of aryl methyl sites for hydroxylation is 1. The number of H-pyrrole nitrogens is 1. The van der Waals surface area contributed by atoms with E-state index in [2.05, 4.69) is 35.3 Å². The Kier molecular flexibility index (Phi) is 4.12. The quantitative estimate of drug-likeness (QED) is 0.765. The first-order valence-electron chi connectivity index (χ1n) is 9.24. The summed E-state index contributed by atoms with van der Waals surface area (Å²) in [5.41, 5.74) is 4.47. The Balaban J connectivity index is 1.81. The Morgan fingerprint density at radius 2 is 1.81 bits per heavy atom. The Morgan fingerprint density at radius 1 is 1.08 bits per heavy atom. The fourth-order valence-electron chi connectivity index (χ4n) is 4.12. The minimum atomic E-state index is -0.637. The lowest BCUT2D eigenvalue weighted by Gasteiger charge is -2.24. The molecule has 130 valence electrons. The van der Waals surface area contributed by atoms with Gasteiger partial charge >= 0.3 is 0 Å². The molecule has 0 fully saturated rings. The summed E-state index contributed by atoms with van der Waals surface area (Å²) in [4.78, 5) is 15.5. The number of hydrogen-bond donors (Lipinski definition) is 1. The van der Waals surface area contributed by atoms with Crippen LogP contribution in [0.4, 0.5) is 0 Å². The van der Waals surface area contributed by atoms with E-state index in [0.29, 0.717) is 6.42 Å². The average Bonchev–Trinajstić information content (AvgIpc) is 2.68. The second kappa shape index (κ2) is 6.46. The summed E-state index contributed by atoms with van der Waals surface area (Å²) in [6.45, 7) is 1.97. The van der Waals surface area contributed by atoms with E-state index in [9.17, 15) is 10.1 Å². The second-order valence-electron chi connectivity index (χ2n) is 7.48.